The summed E-state index contributed by atoms with van der Waals surface area (Å²) >= 11 is 1.17. The van der Waals surface area contributed by atoms with E-state index in [0.717, 1.165) is 0 Å². The number of nitrogens with zero attached hydrogens (tertiary/aromatic N) is 4. The van der Waals surface area contributed by atoms with Crippen molar-refractivity contribution in [2.24, 2.45) is 0 Å². The Balaban J connectivity index is 1.64. The van der Waals surface area contributed by atoms with Gasteiger partial charge in [0.05, 0.1) is 22.3 Å². The van der Waals surface area contributed by atoms with E-state index in [2.05, 4.69) is 20.8 Å². The summed E-state index contributed by atoms with van der Waals surface area (Å²) in [6, 6.07) is 9.35. The van der Waals surface area contributed by atoms with Crippen LogP contribution < -0.4 is 10.6 Å². The molecule has 0 radical (unpaired) electrons. The third-order valence-corrected chi connectivity index (χ3v) is 5.91. The minimum Gasteiger partial charge on any atom is -0.342 e. The second-order valence-electron chi connectivity index (χ2n) is 7.35. The zero-order valence-electron chi connectivity index (χ0n) is 18.7. The largest absolute Gasteiger partial charge is 0.342 e. The lowest BCUT2D eigenvalue weighted by Crippen LogP contribution is -2.29. The lowest BCUT2D eigenvalue weighted by molar-refractivity contribution is -0.384. The highest BCUT2D eigenvalue weighted by atomic mass is 32.2. The molecule has 3 rings (SSSR count). The van der Waals surface area contributed by atoms with Gasteiger partial charge in [-0.15, -0.1) is 10.2 Å². The van der Waals surface area contributed by atoms with Crippen molar-refractivity contribution in [3.8, 4) is 0 Å². The highest BCUT2D eigenvalue weighted by molar-refractivity contribution is 7.99. The molecule has 2 aromatic carbocycles. The Kier molecular flexibility index (Phi) is 7.95. The summed E-state index contributed by atoms with van der Waals surface area (Å²) in [5.41, 5.74) is 0.943. The molecular weight excluding hydrogens is 463 g/mol. The first kappa shape index (κ1) is 24.8. The molecule has 0 saturated heterocycles. The van der Waals surface area contributed by atoms with E-state index >= 15 is 0 Å². The van der Waals surface area contributed by atoms with E-state index in [4.69, 9.17) is 0 Å². The first-order chi connectivity index (χ1) is 16.2. The van der Waals surface area contributed by atoms with E-state index in [9.17, 15) is 24.1 Å². The summed E-state index contributed by atoms with van der Waals surface area (Å²) in [6.07, 6.45) is 0. The van der Waals surface area contributed by atoms with Crippen molar-refractivity contribution < 1.29 is 18.9 Å². The number of carbonyl (C=O) groups is 2. The first-order valence-electron chi connectivity index (χ1n) is 10.4. The predicted octanol–water partition coefficient (Wildman–Crippen LogP) is 3.88. The van der Waals surface area contributed by atoms with Crippen LogP contribution >= 0.6 is 11.8 Å². The molecule has 10 nitrogen and oxygen atoms in total. The SMILES string of the molecule is CCn1c(SCC(=O)Nc2ccc([N+](=O)[O-])cc2C)nnc1[C@@H](C)NC(=O)c1ccccc1F. The first-order valence-corrected chi connectivity index (χ1v) is 11.4. The number of anilines is 1. The quantitative estimate of drug-likeness (QED) is 0.266. The van der Waals surface area contributed by atoms with E-state index in [1.165, 1.54) is 48.2 Å². The van der Waals surface area contributed by atoms with Gasteiger partial charge in [-0.3, -0.25) is 19.7 Å². The molecule has 0 fully saturated rings. The van der Waals surface area contributed by atoms with Gasteiger partial charge in [0.15, 0.2) is 11.0 Å². The fourth-order valence-corrected chi connectivity index (χ4v) is 4.04. The standard InChI is InChI=1S/C22H23FN6O4S/c1-4-28-20(14(3)24-21(31)16-7-5-6-8-17(16)23)26-27-22(28)34-12-19(30)25-18-10-9-15(29(32)33)11-13(18)2/h5-11,14H,4,12H2,1-3H3,(H,24,31)(H,25,30)/t14-/m1/s1. The Hall–Kier alpha value is -3.80. The van der Waals surface area contributed by atoms with Crippen LogP contribution in [0, 0.1) is 22.9 Å². The molecule has 1 heterocycles. The van der Waals surface area contributed by atoms with Gasteiger partial charge in [0.25, 0.3) is 11.6 Å². The van der Waals surface area contributed by atoms with Crippen LogP contribution in [0.2, 0.25) is 0 Å². The Morgan fingerprint density at radius 3 is 2.62 bits per heavy atom. The molecule has 0 unspecified atom stereocenters. The van der Waals surface area contributed by atoms with Gasteiger partial charge in [-0.1, -0.05) is 23.9 Å². The van der Waals surface area contributed by atoms with Gasteiger partial charge < -0.3 is 15.2 Å². The number of rotatable bonds is 9. The van der Waals surface area contributed by atoms with Crippen molar-refractivity contribution in [3.63, 3.8) is 0 Å². The number of amides is 2. The van der Waals surface area contributed by atoms with E-state index in [-0.39, 0.29) is 22.9 Å². The van der Waals surface area contributed by atoms with Crippen molar-refractivity contribution in [3.05, 3.63) is 75.3 Å². The van der Waals surface area contributed by atoms with Crippen molar-refractivity contribution in [2.75, 3.05) is 11.1 Å². The van der Waals surface area contributed by atoms with Crippen LogP contribution in [0.15, 0.2) is 47.6 Å². The minimum absolute atomic E-state index is 0.0323. The van der Waals surface area contributed by atoms with Crippen LogP contribution in [0.1, 0.15) is 41.6 Å². The molecule has 3 aromatic rings. The topological polar surface area (TPSA) is 132 Å². The molecule has 2 amide bonds. The van der Waals surface area contributed by atoms with Crippen LogP contribution in [0.4, 0.5) is 15.8 Å². The van der Waals surface area contributed by atoms with Crippen molar-refractivity contribution in [1.29, 1.82) is 0 Å². The lowest BCUT2D eigenvalue weighted by Gasteiger charge is -2.15. The van der Waals surface area contributed by atoms with Crippen molar-refractivity contribution >= 4 is 35.0 Å². The number of hydrogen-bond acceptors (Lipinski definition) is 7. The predicted molar refractivity (Wildman–Crippen MR) is 125 cm³/mol. The number of aryl methyl sites for hydroxylation is 1. The molecule has 1 atom stereocenters. The second kappa shape index (κ2) is 10.9. The van der Waals surface area contributed by atoms with Crippen LogP contribution in [-0.2, 0) is 11.3 Å². The van der Waals surface area contributed by atoms with Gasteiger partial charge in [-0.05, 0) is 44.5 Å². The van der Waals surface area contributed by atoms with Crippen LogP contribution in [0.25, 0.3) is 0 Å². The average Bonchev–Trinajstić information content (AvgIpc) is 3.22. The number of thioether (sulfide) groups is 1. The molecular formula is C22H23FN6O4S. The van der Waals surface area contributed by atoms with Crippen molar-refractivity contribution in [2.45, 2.75) is 38.5 Å². The Labute approximate surface area is 199 Å². The third-order valence-electron chi connectivity index (χ3n) is 4.94. The van der Waals surface area contributed by atoms with E-state index in [1.54, 1.807) is 24.5 Å². The molecule has 0 spiro atoms. The number of non-ortho nitro benzene ring substituents is 1. The smallest absolute Gasteiger partial charge is 0.269 e. The molecule has 0 aliphatic carbocycles. The van der Waals surface area contributed by atoms with E-state index in [1.807, 2.05) is 6.92 Å². The molecule has 0 bridgehead atoms. The van der Waals surface area contributed by atoms with Gasteiger partial charge in [0.2, 0.25) is 5.91 Å². The van der Waals surface area contributed by atoms with Crippen LogP contribution in [0.3, 0.4) is 0 Å². The maximum atomic E-state index is 13.9. The second-order valence-corrected chi connectivity index (χ2v) is 8.30. The van der Waals surface area contributed by atoms with Gasteiger partial charge in [-0.25, -0.2) is 4.39 Å². The average molecular weight is 487 g/mol. The number of carbonyl (C=O) groups excluding carboxylic acids is 2. The number of nitro groups is 1. The normalized spacial score (nSPS) is 11.6. The van der Waals surface area contributed by atoms with Gasteiger partial charge in [0.1, 0.15) is 5.82 Å². The number of benzene rings is 2. The van der Waals surface area contributed by atoms with E-state index < -0.39 is 22.7 Å². The molecule has 178 valence electrons. The maximum Gasteiger partial charge on any atom is 0.269 e. The number of nitrogens with one attached hydrogen (secondary N) is 2. The highest BCUT2D eigenvalue weighted by Crippen LogP contribution is 2.24. The zero-order valence-corrected chi connectivity index (χ0v) is 19.6. The summed E-state index contributed by atoms with van der Waals surface area (Å²) in [7, 11) is 0. The Bertz CT molecular complexity index is 1230. The summed E-state index contributed by atoms with van der Waals surface area (Å²) in [5.74, 6) is -0.987. The Morgan fingerprint density at radius 2 is 1.97 bits per heavy atom. The van der Waals surface area contributed by atoms with Crippen molar-refractivity contribution in [1.82, 2.24) is 20.1 Å². The van der Waals surface area contributed by atoms with Crippen LogP contribution in [-0.4, -0.2) is 37.3 Å². The van der Waals surface area contributed by atoms with Gasteiger partial charge in [0, 0.05) is 24.4 Å². The maximum absolute atomic E-state index is 13.9. The molecule has 34 heavy (non-hydrogen) atoms. The van der Waals surface area contributed by atoms with E-state index in [0.29, 0.717) is 28.8 Å². The van der Waals surface area contributed by atoms with Gasteiger partial charge in [-0.2, -0.15) is 0 Å². The summed E-state index contributed by atoms with van der Waals surface area (Å²) in [5, 5.41) is 25.1. The highest BCUT2D eigenvalue weighted by Gasteiger charge is 2.21. The van der Waals surface area contributed by atoms with Gasteiger partial charge >= 0.3 is 0 Å². The summed E-state index contributed by atoms with van der Waals surface area (Å²) in [4.78, 5) is 35.2. The number of halogens is 1. The minimum atomic E-state index is -0.616. The fraction of sp³-hybridized carbons (Fsp3) is 0.273. The molecule has 1 aromatic heterocycles. The number of hydrogen-bond donors (Lipinski definition) is 2. The number of aromatic nitrogens is 3. The third kappa shape index (κ3) is 5.76. The molecule has 0 saturated carbocycles. The molecule has 0 aliphatic heterocycles. The lowest BCUT2D eigenvalue weighted by atomic mass is 10.2. The molecule has 0 aliphatic rings. The van der Waals surface area contributed by atoms with Crippen LogP contribution in [0.5, 0.6) is 0 Å². The molecule has 12 heteroatoms. The summed E-state index contributed by atoms with van der Waals surface area (Å²) < 4.78 is 15.7. The monoisotopic (exact) mass is 486 g/mol. The molecule has 2 N–H and O–H groups in total. The fourth-order valence-electron chi connectivity index (χ4n) is 3.23. The zero-order chi connectivity index (χ0) is 24.8. The Morgan fingerprint density at radius 1 is 1.24 bits per heavy atom. The number of nitro benzene ring substituents is 1. The summed E-state index contributed by atoms with van der Waals surface area (Å²) in [6.45, 7) is 5.76.